The highest BCUT2D eigenvalue weighted by Crippen LogP contribution is 2.18. The van der Waals surface area contributed by atoms with Gasteiger partial charge in [0.15, 0.2) is 11.6 Å². The van der Waals surface area contributed by atoms with Gasteiger partial charge < -0.3 is 10.2 Å². The fourth-order valence-electron chi connectivity index (χ4n) is 2.97. The molecule has 0 radical (unpaired) electrons. The molecule has 0 aromatic heterocycles. The van der Waals surface area contributed by atoms with Crippen LogP contribution >= 0.6 is 12.4 Å². The molecular formula is C17H25ClF2N2O. The van der Waals surface area contributed by atoms with Crippen LogP contribution < -0.4 is 5.32 Å². The minimum Gasteiger partial charge on any atom is -0.343 e. The Bertz CT molecular complexity index is 505. The van der Waals surface area contributed by atoms with E-state index in [0.717, 1.165) is 44.1 Å². The summed E-state index contributed by atoms with van der Waals surface area (Å²) in [5.74, 6) is -0.818. The van der Waals surface area contributed by atoms with E-state index < -0.39 is 11.6 Å². The van der Waals surface area contributed by atoms with E-state index in [2.05, 4.69) is 5.32 Å². The number of hydrogen-bond donors (Lipinski definition) is 1. The van der Waals surface area contributed by atoms with Crippen LogP contribution in [-0.4, -0.2) is 37.5 Å². The van der Waals surface area contributed by atoms with Gasteiger partial charge in [0.2, 0.25) is 5.91 Å². The third kappa shape index (κ3) is 6.07. The van der Waals surface area contributed by atoms with Crippen LogP contribution in [-0.2, 0) is 11.2 Å². The third-order valence-electron chi connectivity index (χ3n) is 4.30. The van der Waals surface area contributed by atoms with Crippen LogP contribution in [0.2, 0.25) is 0 Å². The highest BCUT2D eigenvalue weighted by molar-refractivity contribution is 5.85. The van der Waals surface area contributed by atoms with Gasteiger partial charge in [-0.3, -0.25) is 4.79 Å². The molecule has 1 aromatic carbocycles. The Morgan fingerprint density at radius 1 is 1.26 bits per heavy atom. The first-order valence-corrected chi connectivity index (χ1v) is 7.96. The number of hydrogen-bond acceptors (Lipinski definition) is 2. The summed E-state index contributed by atoms with van der Waals surface area (Å²) in [4.78, 5) is 14.1. The van der Waals surface area contributed by atoms with Crippen LogP contribution in [0.15, 0.2) is 18.2 Å². The van der Waals surface area contributed by atoms with Gasteiger partial charge >= 0.3 is 0 Å². The summed E-state index contributed by atoms with van der Waals surface area (Å²) in [6.45, 7) is 2.67. The molecule has 0 atom stereocenters. The van der Waals surface area contributed by atoms with Crippen molar-refractivity contribution in [1.82, 2.24) is 10.2 Å². The molecule has 0 aliphatic carbocycles. The molecule has 2 rings (SSSR count). The van der Waals surface area contributed by atoms with Crippen molar-refractivity contribution in [3.63, 3.8) is 0 Å². The molecule has 0 unspecified atom stereocenters. The second-order valence-electron chi connectivity index (χ2n) is 5.98. The largest absolute Gasteiger partial charge is 0.343 e. The zero-order valence-corrected chi connectivity index (χ0v) is 14.3. The molecule has 0 spiro atoms. The van der Waals surface area contributed by atoms with Crippen molar-refractivity contribution in [2.24, 2.45) is 5.92 Å². The molecule has 1 saturated heterocycles. The molecule has 1 aromatic rings. The molecule has 23 heavy (non-hydrogen) atoms. The van der Waals surface area contributed by atoms with Gasteiger partial charge in [-0.1, -0.05) is 6.07 Å². The summed E-state index contributed by atoms with van der Waals surface area (Å²) in [5.41, 5.74) is 0.736. The minimum atomic E-state index is -0.829. The van der Waals surface area contributed by atoms with E-state index in [4.69, 9.17) is 0 Å². The summed E-state index contributed by atoms with van der Waals surface area (Å²) >= 11 is 0. The van der Waals surface area contributed by atoms with E-state index in [9.17, 15) is 13.6 Å². The Morgan fingerprint density at radius 3 is 2.57 bits per heavy atom. The number of nitrogens with zero attached hydrogens (tertiary/aromatic N) is 1. The van der Waals surface area contributed by atoms with Gasteiger partial charge in [-0.05, 0) is 62.9 Å². The smallest absolute Gasteiger partial charge is 0.222 e. The lowest BCUT2D eigenvalue weighted by Crippen LogP contribution is -2.40. The number of carbonyl (C=O) groups is 1. The van der Waals surface area contributed by atoms with Gasteiger partial charge in [0.05, 0.1) is 0 Å². The maximum absolute atomic E-state index is 13.1. The van der Waals surface area contributed by atoms with Crippen molar-refractivity contribution in [3.05, 3.63) is 35.4 Å². The van der Waals surface area contributed by atoms with E-state index in [1.54, 1.807) is 6.07 Å². The molecule has 1 aliphatic heterocycles. The lowest BCUT2D eigenvalue weighted by atomic mass is 9.96. The van der Waals surface area contributed by atoms with Crippen molar-refractivity contribution >= 4 is 18.3 Å². The zero-order chi connectivity index (χ0) is 15.9. The first-order chi connectivity index (χ1) is 10.6. The highest BCUT2D eigenvalue weighted by Gasteiger charge is 2.21. The molecule has 3 nitrogen and oxygen atoms in total. The fraction of sp³-hybridized carbons (Fsp3) is 0.588. The third-order valence-corrected chi connectivity index (χ3v) is 4.30. The number of aryl methyl sites for hydroxylation is 1. The molecule has 1 fully saturated rings. The predicted molar refractivity (Wildman–Crippen MR) is 89.8 cm³/mol. The summed E-state index contributed by atoms with van der Waals surface area (Å²) in [5, 5.41) is 3.18. The molecule has 1 heterocycles. The average Bonchev–Trinajstić information content (AvgIpc) is 2.52. The normalized spacial score (nSPS) is 15.3. The van der Waals surface area contributed by atoms with E-state index in [-0.39, 0.29) is 18.3 Å². The van der Waals surface area contributed by atoms with E-state index in [1.165, 1.54) is 6.07 Å². The number of piperidine rings is 1. The van der Waals surface area contributed by atoms with Crippen molar-refractivity contribution in [1.29, 1.82) is 0 Å². The molecule has 0 saturated carbocycles. The molecule has 130 valence electrons. The summed E-state index contributed by atoms with van der Waals surface area (Å²) < 4.78 is 25.9. The molecule has 6 heteroatoms. The lowest BCUT2D eigenvalue weighted by molar-refractivity contribution is -0.132. The summed E-state index contributed by atoms with van der Waals surface area (Å²) in [7, 11) is 1.95. The summed E-state index contributed by atoms with van der Waals surface area (Å²) in [6, 6.07) is 3.92. The number of carbonyl (C=O) groups excluding carboxylic acids is 1. The zero-order valence-electron chi connectivity index (χ0n) is 13.5. The average molecular weight is 347 g/mol. The van der Waals surface area contributed by atoms with Crippen LogP contribution in [0.1, 0.15) is 31.2 Å². The number of benzene rings is 1. The van der Waals surface area contributed by atoms with Crippen molar-refractivity contribution in [2.45, 2.75) is 32.1 Å². The van der Waals surface area contributed by atoms with Crippen LogP contribution in [0.4, 0.5) is 8.78 Å². The maximum atomic E-state index is 13.1. The Balaban J connectivity index is 0.00000264. The van der Waals surface area contributed by atoms with Crippen LogP contribution in [0.3, 0.4) is 0 Å². The highest BCUT2D eigenvalue weighted by atomic mass is 35.5. The molecule has 1 amide bonds. The van der Waals surface area contributed by atoms with Crippen LogP contribution in [0.5, 0.6) is 0 Å². The van der Waals surface area contributed by atoms with Gasteiger partial charge in [-0.2, -0.15) is 0 Å². The van der Waals surface area contributed by atoms with Gasteiger partial charge in [0.25, 0.3) is 0 Å². The van der Waals surface area contributed by atoms with Crippen LogP contribution in [0, 0.1) is 17.6 Å². The molecule has 0 bridgehead atoms. The summed E-state index contributed by atoms with van der Waals surface area (Å²) in [6.07, 6.45) is 3.83. The van der Waals surface area contributed by atoms with Gasteiger partial charge in [-0.15, -0.1) is 12.4 Å². The number of halogens is 3. The van der Waals surface area contributed by atoms with Crippen molar-refractivity contribution < 1.29 is 13.6 Å². The minimum absolute atomic E-state index is 0. The van der Waals surface area contributed by atoms with Crippen molar-refractivity contribution in [2.75, 3.05) is 26.7 Å². The Morgan fingerprint density at radius 2 is 1.96 bits per heavy atom. The van der Waals surface area contributed by atoms with Crippen molar-refractivity contribution in [3.8, 4) is 0 Å². The Hall–Kier alpha value is -1.20. The Labute approximate surface area is 142 Å². The van der Waals surface area contributed by atoms with E-state index in [1.807, 2.05) is 11.9 Å². The number of amides is 1. The second-order valence-corrected chi connectivity index (χ2v) is 5.98. The quantitative estimate of drug-likeness (QED) is 0.858. The number of rotatable bonds is 6. The SMILES string of the molecule is CNCC1CCN(C(=O)CCCc2ccc(F)c(F)c2)CC1.Cl. The second kappa shape index (κ2) is 9.83. The van der Waals surface area contributed by atoms with Gasteiger partial charge in [0.1, 0.15) is 0 Å². The molecule has 1 aliphatic rings. The topological polar surface area (TPSA) is 32.3 Å². The lowest BCUT2D eigenvalue weighted by Gasteiger charge is -2.32. The predicted octanol–water partition coefficient (Wildman–Crippen LogP) is 3.17. The molecule has 1 N–H and O–H groups in total. The first-order valence-electron chi connectivity index (χ1n) is 7.96. The Kier molecular flexibility index (Phi) is 8.48. The fourth-order valence-corrected chi connectivity index (χ4v) is 2.97. The maximum Gasteiger partial charge on any atom is 0.222 e. The monoisotopic (exact) mass is 346 g/mol. The molecular weight excluding hydrogens is 322 g/mol. The first kappa shape index (κ1) is 19.8. The van der Waals surface area contributed by atoms with E-state index in [0.29, 0.717) is 25.2 Å². The number of likely N-dealkylation sites (tertiary alicyclic amines) is 1. The standard InChI is InChI=1S/C17H24F2N2O.ClH/c1-20-12-14-7-9-21(10-8-14)17(22)4-2-3-13-5-6-15(18)16(19)11-13;/h5-6,11,14,20H,2-4,7-10,12H2,1H3;1H. The van der Waals surface area contributed by atoms with E-state index >= 15 is 0 Å². The van der Waals surface area contributed by atoms with Crippen LogP contribution in [0.25, 0.3) is 0 Å². The van der Waals surface area contributed by atoms with Gasteiger partial charge in [-0.25, -0.2) is 8.78 Å². The van der Waals surface area contributed by atoms with Gasteiger partial charge in [0, 0.05) is 19.5 Å². The number of nitrogens with one attached hydrogen (secondary N) is 1.